The molecule has 0 unspecified atom stereocenters. The van der Waals surface area contributed by atoms with Crippen molar-refractivity contribution in [2.24, 2.45) is 0 Å². The summed E-state index contributed by atoms with van der Waals surface area (Å²) in [6, 6.07) is 7.58. The van der Waals surface area contributed by atoms with E-state index in [0.29, 0.717) is 24.2 Å². The average Bonchev–Trinajstić information content (AvgIpc) is 3.09. The molecule has 0 bridgehead atoms. The van der Waals surface area contributed by atoms with Crippen LogP contribution in [0, 0.1) is 0 Å². The van der Waals surface area contributed by atoms with Crippen LogP contribution in [0.4, 0.5) is 10.5 Å². The number of benzene rings is 1. The van der Waals surface area contributed by atoms with Crippen LogP contribution in [-0.4, -0.2) is 53.7 Å². The van der Waals surface area contributed by atoms with E-state index in [9.17, 15) is 9.59 Å². The van der Waals surface area contributed by atoms with E-state index in [4.69, 9.17) is 4.74 Å². The highest BCUT2D eigenvalue weighted by Gasteiger charge is 2.30. The van der Waals surface area contributed by atoms with E-state index in [2.05, 4.69) is 15.6 Å². The summed E-state index contributed by atoms with van der Waals surface area (Å²) in [5.74, 6) is -0.165. The number of nitrogens with zero attached hydrogens (tertiary/aromatic N) is 2. The first kappa shape index (κ1) is 18.9. The number of anilines is 1. The average molecular weight is 370 g/mol. The number of hydrogen-bond acceptors (Lipinski definition) is 5. The molecule has 0 saturated carbocycles. The van der Waals surface area contributed by atoms with Crippen molar-refractivity contribution >= 4 is 28.6 Å². The van der Waals surface area contributed by atoms with Crippen LogP contribution in [0.3, 0.4) is 0 Å². The summed E-state index contributed by atoms with van der Waals surface area (Å²) in [5, 5.41) is 7.02. The zero-order chi connectivity index (χ0) is 19.6. The van der Waals surface area contributed by atoms with Crippen LogP contribution >= 0.6 is 0 Å². The Kier molecular flexibility index (Phi) is 5.21. The maximum Gasteiger partial charge on any atom is 0.410 e. The molecule has 1 aliphatic rings. The fraction of sp³-hybridized carbons (Fsp3) is 0.450. The predicted molar refractivity (Wildman–Crippen MR) is 105 cm³/mol. The first-order valence-electron chi connectivity index (χ1n) is 9.13. The quantitative estimate of drug-likeness (QED) is 0.868. The third-order valence-corrected chi connectivity index (χ3v) is 4.44. The second-order valence-electron chi connectivity index (χ2n) is 7.70. The molecular weight excluding hydrogens is 344 g/mol. The van der Waals surface area contributed by atoms with Crippen LogP contribution in [-0.2, 0) is 4.74 Å². The number of pyridine rings is 1. The Hall–Kier alpha value is -2.83. The molecule has 1 atom stereocenters. The lowest BCUT2D eigenvalue weighted by Crippen LogP contribution is -2.36. The number of ether oxygens (including phenoxy) is 1. The molecule has 2 aromatic rings. The zero-order valence-corrected chi connectivity index (χ0v) is 16.2. The maximum absolute atomic E-state index is 12.2. The molecule has 7 heteroatoms. The maximum atomic E-state index is 12.2. The molecule has 2 heterocycles. The summed E-state index contributed by atoms with van der Waals surface area (Å²) >= 11 is 0. The van der Waals surface area contributed by atoms with Crippen molar-refractivity contribution in [3.63, 3.8) is 0 Å². The fourth-order valence-electron chi connectivity index (χ4n) is 3.21. The SMILES string of the molecule is CNC(=O)c1ccc(N[C@H]2CCN(C(=O)OC(C)(C)C)C2)c2cccnc12. The lowest BCUT2D eigenvalue weighted by Gasteiger charge is -2.24. The lowest BCUT2D eigenvalue weighted by molar-refractivity contribution is 0.0293. The van der Waals surface area contributed by atoms with Crippen LogP contribution in [0.5, 0.6) is 0 Å². The molecule has 27 heavy (non-hydrogen) atoms. The van der Waals surface area contributed by atoms with Crippen LogP contribution in [0.25, 0.3) is 10.9 Å². The Labute approximate surface area is 159 Å². The van der Waals surface area contributed by atoms with Gasteiger partial charge in [0.2, 0.25) is 0 Å². The van der Waals surface area contributed by atoms with Crippen molar-refractivity contribution in [1.29, 1.82) is 0 Å². The number of likely N-dealkylation sites (tertiary alicyclic amines) is 1. The van der Waals surface area contributed by atoms with Crippen molar-refractivity contribution < 1.29 is 14.3 Å². The first-order chi connectivity index (χ1) is 12.8. The smallest absolute Gasteiger partial charge is 0.410 e. The molecule has 3 rings (SSSR count). The molecule has 0 aliphatic carbocycles. The number of fused-ring (bicyclic) bond motifs is 1. The van der Waals surface area contributed by atoms with E-state index >= 15 is 0 Å². The molecule has 1 aromatic carbocycles. The zero-order valence-electron chi connectivity index (χ0n) is 16.2. The Balaban J connectivity index is 1.76. The minimum Gasteiger partial charge on any atom is -0.444 e. The monoisotopic (exact) mass is 370 g/mol. The van der Waals surface area contributed by atoms with Gasteiger partial charge < -0.3 is 20.3 Å². The standard InChI is InChI=1S/C20H26N4O3/c1-20(2,3)27-19(26)24-11-9-13(12-24)23-16-8-7-15(18(25)21-4)17-14(16)6-5-10-22-17/h5-8,10,13,23H,9,11-12H2,1-4H3,(H,21,25)/t13-/m0/s1. The summed E-state index contributed by atoms with van der Waals surface area (Å²) in [6.07, 6.45) is 2.23. The van der Waals surface area contributed by atoms with Crippen molar-refractivity contribution in [1.82, 2.24) is 15.2 Å². The van der Waals surface area contributed by atoms with Gasteiger partial charge in [-0.15, -0.1) is 0 Å². The Bertz CT molecular complexity index is 860. The number of rotatable bonds is 3. The number of carbonyl (C=O) groups excluding carboxylic acids is 2. The highest BCUT2D eigenvalue weighted by molar-refractivity contribution is 6.08. The van der Waals surface area contributed by atoms with Gasteiger partial charge in [-0.2, -0.15) is 0 Å². The molecule has 0 spiro atoms. The topological polar surface area (TPSA) is 83.6 Å². The van der Waals surface area contributed by atoms with Crippen LogP contribution in [0.1, 0.15) is 37.6 Å². The highest BCUT2D eigenvalue weighted by Crippen LogP contribution is 2.27. The van der Waals surface area contributed by atoms with Gasteiger partial charge in [0.05, 0.1) is 11.1 Å². The minimum absolute atomic E-state index is 0.117. The Morgan fingerprint density at radius 3 is 2.74 bits per heavy atom. The number of carbonyl (C=O) groups is 2. The van der Waals surface area contributed by atoms with Gasteiger partial charge in [-0.05, 0) is 51.5 Å². The highest BCUT2D eigenvalue weighted by atomic mass is 16.6. The van der Waals surface area contributed by atoms with Crippen molar-refractivity contribution in [3.8, 4) is 0 Å². The van der Waals surface area contributed by atoms with E-state index in [1.807, 2.05) is 39.0 Å². The molecule has 1 saturated heterocycles. The molecule has 144 valence electrons. The Morgan fingerprint density at radius 2 is 2.04 bits per heavy atom. The van der Waals surface area contributed by atoms with Crippen LogP contribution < -0.4 is 10.6 Å². The fourth-order valence-corrected chi connectivity index (χ4v) is 3.21. The van der Waals surface area contributed by atoms with Gasteiger partial charge in [-0.25, -0.2) is 4.79 Å². The summed E-state index contributed by atoms with van der Waals surface area (Å²) in [7, 11) is 1.60. The number of nitrogens with one attached hydrogen (secondary N) is 2. The van der Waals surface area contributed by atoms with Gasteiger partial charge in [0.25, 0.3) is 5.91 Å². The summed E-state index contributed by atoms with van der Waals surface area (Å²) < 4.78 is 5.45. The number of amides is 2. The molecule has 2 amide bonds. The normalized spacial score (nSPS) is 17.0. The Morgan fingerprint density at radius 1 is 1.26 bits per heavy atom. The minimum atomic E-state index is -0.500. The molecule has 2 N–H and O–H groups in total. The van der Waals surface area contributed by atoms with Crippen LogP contribution in [0.15, 0.2) is 30.5 Å². The third kappa shape index (κ3) is 4.30. The summed E-state index contributed by atoms with van der Waals surface area (Å²) in [5.41, 5.74) is 1.60. The van der Waals surface area contributed by atoms with E-state index in [-0.39, 0.29) is 18.0 Å². The van der Waals surface area contributed by atoms with E-state index in [1.54, 1.807) is 24.2 Å². The van der Waals surface area contributed by atoms with Gasteiger partial charge in [-0.1, -0.05) is 0 Å². The number of aromatic nitrogens is 1. The molecular formula is C20H26N4O3. The predicted octanol–water partition coefficient (Wildman–Crippen LogP) is 3.02. The number of hydrogen-bond donors (Lipinski definition) is 2. The molecule has 7 nitrogen and oxygen atoms in total. The lowest BCUT2D eigenvalue weighted by atomic mass is 10.1. The van der Waals surface area contributed by atoms with E-state index in [0.717, 1.165) is 17.5 Å². The summed E-state index contributed by atoms with van der Waals surface area (Å²) in [6.45, 7) is 6.82. The van der Waals surface area contributed by atoms with Gasteiger partial charge in [0.15, 0.2) is 0 Å². The van der Waals surface area contributed by atoms with Crippen molar-refractivity contribution in [2.45, 2.75) is 38.8 Å². The van der Waals surface area contributed by atoms with Gasteiger partial charge in [0.1, 0.15) is 5.60 Å². The second kappa shape index (κ2) is 7.42. The largest absolute Gasteiger partial charge is 0.444 e. The van der Waals surface area contributed by atoms with Gasteiger partial charge in [0, 0.05) is 43.4 Å². The first-order valence-corrected chi connectivity index (χ1v) is 9.13. The van der Waals surface area contributed by atoms with Gasteiger partial charge in [-0.3, -0.25) is 9.78 Å². The molecule has 1 aliphatic heterocycles. The third-order valence-electron chi connectivity index (χ3n) is 4.44. The van der Waals surface area contributed by atoms with Gasteiger partial charge >= 0.3 is 6.09 Å². The molecule has 1 fully saturated rings. The van der Waals surface area contributed by atoms with E-state index in [1.165, 1.54) is 0 Å². The van der Waals surface area contributed by atoms with Crippen molar-refractivity contribution in [3.05, 3.63) is 36.0 Å². The second-order valence-corrected chi connectivity index (χ2v) is 7.70. The molecule has 1 aromatic heterocycles. The molecule has 0 radical (unpaired) electrons. The van der Waals surface area contributed by atoms with Crippen LogP contribution in [0.2, 0.25) is 0 Å². The van der Waals surface area contributed by atoms with E-state index < -0.39 is 5.60 Å². The van der Waals surface area contributed by atoms with Crippen molar-refractivity contribution in [2.75, 3.05) is 25.5 Å². The summed E-state index contributed by atoms with van der Waals surface area (Å²) in [4.78, 5) is 30.4.